The lowest BCUT2D eigenvalue weighted by molar-refractivity contribution is 0.1000. The molecular weight excluding hydrogens is 439 g/mol. The van der Waals surface area contributed by atoms with E-state index in [2.05, 4.69) is 21.5 Å². The summed E-state index contributed by atoms with van der Waals surface area (Å²) in [5.74, 6) is -3.23. The van der Waals surface area contributed by atoms with Crippen LogP contribution in [0, 0.1) is 5.92 Å². The number of nitrogens with two attached hydrogens (primary N) is 1. The summed E-state index contributed by atoms with van der Waals surface area (Å²) in [6.07, 6.45) is 1.55. The van der Waals surface area contributed by atoms with Crippen LogP contribution in [0.25, 0.3) is 0 Å². The fraction of sp³-hybridized carbons (Fsp3) is 0.286. The van der Waals surface area contributed by atoms with Crippen LogP contribution in [0.1, 0.15) is 50.0 Å². The number of nitrogens with one attached hydrogen (secondary N) is 2. The number of nitrogens with zero attached hydrogens (tertiary/aromatic N) is 1. The standard InChI is InChI=1S/C21H25FN4O5S/c1-6-11(2)12(3)17(14(5)22)13(4)18(20-24-25-21(28)31-20)26-32(29,30)16-9-7-15(8-10-16)19(23)27/h6-10,13,18,26H,1H2,2-5H3,(H2,23,27)(H,25,28)/b12-11-,17-14-/t13-,18+/m1/s1. The molecule has 0 aliphatic heterocycles. The number of benzene rings is 1. The summed E-state index contributed by atoms with van der Waals surface area (Å²) >= 11 is 0. The lowest BCUT2D eigenvalue weighted by Gasteiger charge is -2.26. The molecule has 0 bridgehead atoms. The molecule has 1 aromatic heterocycles. The minimum atomic E-state index is -4.20. The minimum absolute atomic E-state index is 0.131. The van der Waals surface area contributed by atoms with Crippen LogP contribution >= 0.6 is 0 Å². The van der Waals surface area contributed by atoms with Gasteiger partial charge in [0.15, 0.2) is 0 Å². The number of amides is 1. The fourth-order valence-electron chi connectivity index (χ4n) is 3.22. The number of carbonyl (C=O) groups is 1. The van der Waals surface area contributed by atoms with E-state index in [0.29, 0.717) is 11.1 Å². The van der Waals surface area contributed by atoms with Gasteiger partial charge in [-0.25, -0.2) is 22.7 Å². The molecule has 0 fully saturated rings. The third-order valence-corrected chi connectivity index (χ3v) is 6.54. The number of rotatable bonds is 9. The first-order valence-electron chi connectivity index (χ1n) is 9.53. The number of hydrogen-bond donors (Lipinski definition) is 3. The molecule has 0 spiro atoms. The van der Waals surface area contributed by atoms with E-state index in [0.717, 1.165) is 0 Å². The molecule has 9 nitrogen and oxygen atoms in total. The smallest absolute Gasteiger partial charge is 0.391 e. The number of hydrogen-bond acceptors (Lipinski definition) is 6. The summed E-state index contributed by atoms with van der Waals surface area (Å²) in [6.45, 7) is 9.94. The Bertz CT molecular complexity index is 1240. The molecule has 1 aromatic carbocycles. The second-order valence-electron chi connectivity index (χ2n) is 7.19. The van der Waals surface area contributed by atoms with Gasteiger partial charge in [0.05, 0.1) is 4.90 Å². The van der Waals surface area contributed by atoms with Gasteiger partial charge in [0.2, 0.25) is 21.8 Å². The van der Waals surface area contributed by atoms with Crippen molar-refractivity contribution in [2.75, 3.05) is 0 Å². The van der Waals surface area contributed by atoms with Gasteiger partial charge in [0.1, 0.15) is 11.9 Å². The summed E-state index contributed by atoms with van der Waals surface area (Å²) in [4.78, 5) is 22.6. The van der Waals surface area contributed by atoms with E-state index >= 15 is 0 Å². The minimum Gasteiger partial charge on any atom is -0.391 e. The number of halogens is 1. The summed E-state index contributed by atoms with van der Waals surface area (Å²) < 4.78 is 48.1. The molecule has 0 saturated carbocycles. The number of aromatic amines is 1. The van der Waals surface area contributed by atoms with E-state index in [-0.39, 0.29) is 21.9 Å². The maximum absolute atomic E-state index is 14.6. The number of aromatic nitrogens is 2. The van der Waals surface area contributed by atoms with Crippen molar-refractivity contribution in [2.45, 2.75) is 38.6 Å². The largest absolute Gasteiger partial charge is 0.434 e. The molecule has 2 aromatic rings. The number of carbonyl (C=O) groups excluding carboxylic acids is 1. The van der Waals surface area contributed by atoms with Gasteiger partial charge in [-0.1, -0.05) is 19.6 Å². The Morgan fingerprint density at radius 1 is 1.28 bits per heavy atom. The number of allylic oxidation sites excluding steroid dienone is 4. The monoisotopic (exact) mass is 464 g/mol. The third kappa shape index (κ3) is 5.48. The molecule has 0 aliphatic rings. The lowest BCUT2D eigenvalue weighted by Crippen LogP contribution is -2.34. The molecule has 0 unspecified atom stereocenters. The van der Waals surface area contributed by atoms with Crippen LogP contribution in [0.3, 0.4) is 0 Å². The van der Waals surface area contributed by atoms with Gasteiger partial charge in [-0.3, -0.25) is 4.79 Å². The van der Waals surface area contributed by atoms with Crippen LogP contribution in [0.4, 0.5) is 4.39 Å². The van der Waals surface area contributed by atoms with Crippen LogP contribution in [0.5, 0.6) is 0 Å². The zero-order valence-corrected chi connectivity index (χ0v) is 18.9. The molecule has 2 rings (SSSR count). The van der Waals surface area contributed by atoms with Crippen molar-refractivity contribution in [3.8, 4) is 0 Å². The van der Waals surface area contributed by atoms with Crippen molar-refractivity contribution in [2.24, 2.45) is 11.7 Å². The van der Waals surface area contributed by atoms with E-state index in [1.54, 1.807) is 26.8 Å². The van der Waals surface area contributed by atoms with Crippen molar-refractivity contribution < 1.29 is 22.0 Å². The Kier molecular flexibility index (Phi) is 7.70. The second kappa shape index (κ2) is 9.88. The molecule has 1 amide bonds. The van der Waals surface area contributed by atoms with Gasteiger partial charge in [0.25, 0.3) is 0 Å². The Hall–Kier alpha value is -3.31. The number of primary amides is 1. The van der Waals surface area contributed by atoms with Gasteiger partial charge in [-0.05, 0) is 61.8 Å². The Balaban J connectivity index is 2.57. The summed E-state index contributed by atoms with van der Waals surface area (Å²) in [6, 6.07) is 3.70. The molecule has 11 heteroatoms. The lowest BCUT2D eigenvalue weighted by atomic mass is 9.86. The predicted octanol–water partition coefficient (Wildman–Crippen LogP) is 2.88. The van der Waals surface area contributed by atoms with Crippen LogP contribution in [-0.2, 0) is 10.0 Å². The highest BCUT2D eigenvalue weighted by Gasteiger charge is 2.33. The van der Waals surface area contributed by atoms with Crippen molar-refractivity contribution in [1.82, 2.24) is 14.9 Å². The van der Waals surface area contributed by atoms with E-state index in [1.807, 2.05) is 0 Å². The Morgan fingerprint density at radius 3 is 2.31 bits per heavy atom. The molecule has 32 heavy (non-hydrogen) atoms. The molecular formula is C21H25FN4O5S. The van der Waals surface area contributed by atoms with Gasteiger partial charge in [-0.15, -0.1) is 5.10 Å². The number of H-pyrrole nitrogens is 1. The summed E-state index contributed by atoms with van der Waals surface area (Å²) in [5, 5.41) is 5.83. The fourth-order valence-corrected chi connectivity index (χ4v) is 4.49. The molecule has 0 saturated heterocycles. The first-order valence-corrected chi connectivity index (χ1v) is 11.0. The summed E-state index contributed by atoms with van der Waals surface area (Å²) in [5.41, 5.74) is 6.78. The van der Waals surface area contributed by atoms with Gasteiger partial charge in [-0.2, -0.15) is 4.72 Å². The quantitative estimate of drug-likeness (QED) is 0.486. The van der Waals surface area contributed by atoms with Crippen LogP contribution in [0.2, 0.25) is 0 Å². The SMILES string of the molecule is C=C/C(C)=C(C)\C(=C(/C)F)[C@@H](C)[C@H](NS(=O)(=O)c1ccc(C(N)=O)cc1)c1n[nH]c(=O)o1. The predicted molar refractivity (Wildman–Crippen MR) is 117 cm³/mol. The maximum atomic E-state index is 14.6. The first kappa shape index (κ1) is 25.0. The molecule has 0 aliphatic carbocycles. The van der Waals surface area contributed by atoms with Crippen LogP contribution in [-0.4, -0.2) is 24.5 Å². The third-order valence-electron chi connectivity index (χ3n) is 5.08. The highest BCUT2D eigenvalue weighted by molar-refractivity contribution is 7.89. The first-order chi connectivity index (χ1) is 14.9. The normalized spacial score (nSPS) is 15.4. The highest BCUT2D eigenvalue weighted by Crippen LogP contribution is 2.35. The Morgan fingerprint density at radius 2 is 1.88 bits per heavy atom. The van der Waals surface area contributed by atoms with Gasteiger partial charge >= 0.3 is 5.76 Å². The summed E-state index contributed by atoms with van der Waals surface area (Å²) in [7, 11) is -4.20. The second-order valence-corrected chi connectivity index (χ2v) is 8.90. The zero-order valence-electron chi connectivity index (χ0n) is 18.1. The van der Waals surface area contributed by atoms with Crippen molar-refractivity contribution in [3.63, 3.8) is 0 Å². The number of sulfonamides is 1. The molecule has 0 radical (unpaired) electrons. The van der Waals surface area contributed by atoms with Gasteiger partial charge < -0.3 is 10.2 Å². The Labute approximate surface area is 185 Å². The molecule has 4 N–H and O–H groups in total. The maximum Gasteiger partial charge on any atom is 0.434 e. The molecule has 1 heterocycles. The van der Waals surface area contributed by atoms with E-state index in [9.17, 15) is 22.4 Å². The zero-order chi connectivity index (χ0) is 24.2. The van der Waals surface area contributed by atoms with Crippen molar-refractivity contribution in [1.29, 1.82) is 0 Å². The van der Waals surface area contributed by atoms with E-state index in [4.69, 9.17) is 10.2 Å². The average molecular weight is 465 g/mol. The van der Waals surface area contributed by atoms with E-state index < -0.39 is 39.5 Å². The van der Waals surface area contributed by atoms with E-state index in [1.165, 1.54) is 31.2 Å². The van der Waals surface area contributed by atoms with Crippen LogP contribution in [0.15, 0.2) is 73.6 Å². The van der Waals surface area contributed by atoms with Crippen molar-refractivity contribution >= 4 is 15.9 Å². The van der Waals surface area contributed by atoms with Crippen molar-refractivity contribution in [3.05, 3.63) is 81.5 Å². The van der Waals surface area contributed by atoms with Gasteiger partial charge in [0, 0.05) is 11.5 Å². The highest BCUT2D eigenvalue weighted by atomic mass is 32.2. The molecule has 2 atom stereocenters. The molecule has 172 valence electrons. The van der Waals surface area contributed by atoms with Crippen LogP contribution < -0.4 is 16.2 Å². The average Bonchev–Trinajstić information content (AvgIpc) is 3.17. The topological polar surface area (TPSA) is 148 Å².